The van der Waals surface area contributed by atoms with Gasteiger partial charge in [0.2, 0.25) is 11.8 Å². The summed E-state index contributed by atoms with van der Waals surface area (Å²) in [5, 5.41) is 3.18. The van der Waals surface area contributed by atoms with Crippen molar-refractivity contribution in [3.63, 3.8) is 0 Å². The molecule has 242 valence electrons. The van der Waals surface area contributed by atoms with Crippen LogP contribution in [-0.2, 0) is 26.2 Å². The highest BCUT2D eigenvalue weighted by Gasteiger charge is 2.35. The first kappa shape index (κ1) is 33.8. The summed E-state index contributed by atoms with van der Waals surface area (Å²) in [5.74, 6) is -0.0813. The molecule has 0 radical (unpaired) electrons. The molecule has 3 aromatic rings. The predicted octanol–water partition coefficient (Wildman–Crippen LogP) is 5.77. The van der Waals surface area contributed by atoms with Crippen LogP contribution in [0.3, 0.4) is 0 Å². The second kappa shape index (κ2) is 15.3. The molecular formula is C35H45N3O6S. The van der Waals surface area contributed by atoms with Crippen molar-refractivity contribution >= 4 is 27.5 Å². The Labute approximate surface area is 267 Å². The third-order valence-corrected chi connectivity index (χ3v) is 10.1. The van der Waals surface area contributed by atoms with Crippen LogP contribution in [0.2, 0.25) is 0 Å². The molecule has 0 spiro atoms. The molecule has 1 fully saturated rings. The highest BCUT2D eigenvalue weighted by Crippen LogP contribution is 2.36. The molecule has 10 heteroatoms. The van der Waals surface area contributed by atoms with E-state index >= 15 is 0 Å². The Bertz CT molecular complexity index is 1550. The Balaban J connectivity index is 1.77. The van der Waals surface area contributed by atoms with Crippen LogP contribution in [0.4, 0.5) is 5.69 Å². The fourth-order valence-electron chi connectivity index (χ4n) is 5.70. The summed E-state index contributed by atoms with van der Waals surface area (Å²) < 4.78 is 40.6. The smallest absolute Gasteiger partial charge is 0.264 e. The van der Waals surface area contributed by atoms with Gasteiger partial charge >= 0.3 is 0 Å². The van der Waals surface area contributed by atoms with E-state index < -0.39 is 28.5 Å². The van der Waals surface area contributed by atoms with Gasteiger partial charge in [-0.25, -0.2) is 8.42 Å². The van der Waals surface area contributed by atoms with E-state index in [2.05, 4.69) is 5.32 Å². The first-order chi connectivity index (χ1) is 21.6. The number of carbonyl (C=O) groups excluding carboxylic acids is 2. The molecule has 1 atom stereocenters. The molecule has 1 aliphatic rings. The van der Waals surface area contributed by atoms with Crippen LogP contribution in [0.5, 0.6) is 11.5 Å². The average Bonchev–Trinajstić information content (AvgIpc) is 3.04. The van der Waals surface area contributed by atoms with E-state index in [9.17, 15) is 18.0 Å². The Morgan fingerprint density at radius 1 is 0.889 bits per heavy atom. The predicted molar refractivity (Wildman–Crippen MR) is 176 cm³/mol. The van der Waals surface area contributed by atoms with Crippen LogP contribution < -0.4 is 19.1 Å². The van der Waals surface area contributed by atoms with Crippen LogP contribution in [0.15, 0.2) is 71.6 Å². The lowest BCUT2D eigenvalue weighted by atomic mass is 9.95. The van der Waals surface area contributed by atoms with Crippen molar-refractivity contribution in [3.05, 3.63) is 83.4 Å². The van der Waals surface area contributed by atoms with Gasteiger partial charge < -0.3 is 19.7 Å². The summed E-state index contributed by atoms with van der Waals surface area (Å²) in [6.07, 6.45) is 5.45. The molecule has 2 amide bonds. The Morgan fingerprint density at radius 3 is 2.09 bits per heavy atom. The van der Waals surface area contributed by atoms with E-state index in [-0.39, 0.29) is 34.8 Å². The molecule has 0 aromatic heterocycles. The monoisotopic (exact) mass is 635 g/mol. The van der Waals surface area contributed by atoms with Gasteiger partial charge in [-0.05, 0) is 62.9 Å². The van der Waals surface area contributed by atoms with Gasteiger partial charge in [0.1, 0.15) is 24.1 Å². The molecule has 0 bridgehead atoms. The number of rotatable bonds is 13. The van der Waals surface area contributed by atoms with Crippen molar-refractivity contribution in [2.45, 2.75) is 82.8 Å². The third kappa shape index (κ3) is 8.36. The van der Waals surface area contributed by atoms with E-state index in [1.807, 2.05) is 45.0 Å². The molecule has 0 heterocycles. The minimum absolute atomic E-state index is 0.0259. The Morgan fingerprint density at radius 2 is 1.51 bits per heavy atom. The molecule has 0 saturated heterocycles. The number of methoxy groups -OCH3 is 2. The maximum Gasteiger partial charge on any atom is 0.264 e. The normalized spacial score (nSPS) is 14.3. The molecule has 9 nitrogen and oxygen atoms in total. The van der Waals surface area contributed by atoms with E-state index in [4.69, 9.17) is 9.47 Å². The number of nitrogens with one attached hydrogen (secondary N) is 1. The number of sulfonamides is 1. The minimum atomic E-state index is -4.26. The highest BCUT2D eigenvalue weighted by molar-refractivity contribution is 7.92. The summed E-state index contributed by atoms with van der Waals surface area (Å²) in [6, 6.07) is 18.3. The average molecular weight is 636 g/mol. The Hall–Kier alpha value is -4.05. The van der Waals surface area contributed by atoms with Gasteiger partial charge in [-0.3, -0.25) is 13.9 Å². The van der Waals surface area contributed by atoms with Gasteiger partial charge in [-0.15, -0.1) is 0 Å². The molecule has 1 N–H and O–H groups in total. The zero-order chi connectivity index (χ0) is 32.6. The highest BCUT2D eigenvalue weighted by atomic mass is 32.2. The van der Waals surface area contributed by atoms with Gasteiger partial charge in [0, 0.05) is 18.7 Å². The van der Waals surface area contributed by atoms with E-state index in [0.29, 0.717) is 12.2 Å². The van der Waals surface area contributed by atoms with Gasteiger partial charge in [-0.2, -0.15) is 0 Å². The van der Waals surface area contributed by atoms with Crippen molar-refractivity contribution in [3.8, 4) is 11.5 Å². The summed E-state index contributed by atoms with van der Waals surface area (Å²) in [6.45, 7) is 5.30. The van der Waals surface area contributed by atoms with Gasteiger partial charge in [0.05, 0.1) is 24.8 Å². The van der Waals surface area contributed by atoms with Crippen LogP contribution in [0.25, 0.3) is 0 Å². The molecule has 3 aromatic carbocycles. The molecule has 1 aliphatic carbocycles. The fraction of sp³-hybridized carbons (Fsp3) is 0.429. The second-order valence-corrected chi connectivity index (χ2v) is 13.5. The second-order valence-electron chi connectivity index (χ2n) is 11.6. The van der Waals surface area contributed by atoms with Crippen molar-refractivity contribution in [1.29, 1.82) is 0 Å². The molecular weight excluding hydrogens is 590 g/mol. The lowest BCUT2D eigenvalue weighted by Crippen LogP contribution is -2.54. The van der Waals surface area contributed by atoms with Crippen LogP contribution in [0, 0.1) is 13.8 Å². The lowest BCUT2D eigenvalue weighted by molar-refractivity contribution is -0.140. The number of hydrogen-bond acceptors (Lipinski definition) is 6. The summed E-state index contributed by atoms with van der Waals surface area (Å²) in [7, 11) is -1.34. The molecule has 4 rings (SSSR count). The number of anilines is 1. The molecule has 0 unspecified atom stereocenters. The maximum atomic E-state index is 14.4. The zero-order valence-corrected chi connectivity index (χ0v) is 27.7. The summed E-state index contributed by atoms with van der Waals surface area (Å²) >= 11 is 0. The van der Waals surface area contributed by atoms with Gasteiger partial charge in [0.15, 0.2) is 0 Å². The minimum Gasteiger partial charge on any atom is -0.497 e. The number of benzene rings is 3. The largest absolute Gasteiger partial charge is 0.497 e. The van der Waals surface area contributed by atoms with Crippen LogP contribution in [0.1, 0.15) is 62.1 Å². The van der Waals surface area contributed by atoms with Gasteiger partial charge in [0.25, 0.3) is 10.0 Å². The SMILES string of the molecule is CC[C@@H](C(=O)NC1CCCCC1)N(Cc1ccc(C)cc1)C(=O)CN(c1cc(OC)ccc1OC)S(=O)(=O)c1ccc(C)cc1. The first-order valence-electron chi connectivity index (χ1n) is 15.5. The first-order valence-corrected chi connectivity index (χ1v) is 17.0. The number of hydrogen-bond donors (Lipinski definition) is 1. The molecule has 1 saturated carbocycles. The van der Waals surface area contributed by atoms with E-state index in [1.54, 1.807) is 24.3 Å². The van der Waals surface area contributed by atoms with Crippen molar-refractivity contribution in [2.24, 2.45) is 0 Å². The number of ether oxygens (including phenoxy) is 2. The van der Waals surface area contributed by atoms with E-state index in [0.717, 1.165) is 53.1 Å². The zero-order valence-electron chi connectivity index (χ0n) is 26.9. The number of aryl methyl sites for hydroxylation is 2. The van der Waals surface area contributed by atoms with E-state index in [1.165, 1.54) is 37.3 Å². The van der Waals surface area contributed by atoms with Crippen molar-refractivity contribution < 1.29 is 27.5 Å². The summed E-state index contributed by atoms with van der Waals surface area (Å²) in [5.41, 5.74) is 2.96. The van der Waals surface area contributed by atoms with Crippen molar-refractivity contribution in [1.82, 2.24) is 10.2 Å². The van der Waals surface area contributed by atoms with Gasteiger partial charge in [-0.1, -0.05) is 73.7 Å². The van der Waals surface area contributed by atoms with Crippen molar-refractivity contribution in [2.75, 3.05) is 25.1 Å². The summed E-state index contributed by atoms with van der Waals surface area (Å²) in [4.78, 5) is 29.7. The maximum absolute atomic E-state index is 14.4. The standard InChI is InChI=1S/C35H45N3O6S/c1-6-31(35(40)36-28-10-8-7-9-11-28)37(23-27-16-12-25(2)13-17-27)34(39)24-38(32-22-29(43-4)18-21-33(32)44-5)45(41,42)30-19-14-26(3)15-20-30/h12-22,28,31H,6-11,23-24H2,1-5H3,(H,36,40)/t31-/m0/s1. The number of amides is 2. The fourth-order valence-corrected chi connectivity index (χ4v) is 7.11. The topological polar surface area (TPSA) is 105 Å². The van der Waals surface area contributed by atoms with Crippen LogP contribution >= 0.6 is 0 Å². The van der Waals surface area contributed by atoms with Crippen LogP contribution in [-0.4, -0.2) is 58.0 Å². The third-order valence-electron chi connectivity index (χ3n) is 8.35. The quantitative estimate of drug-likeness (QED) is 0.256. The number of carbonyl (C=O) groups is 2. The number of nitrogens with zero attached hydrogens (tertiary/aromatic N) is 2. The molecule has 0 aliphatic heterocycles. The Kier molecular flexibility index (Phi) is 11.5. The molecule has 45 heavy (non-hydrogen) atoms. The lowest BCUT2D eigenvalue weighted by Gasteiger charge is -2.34.